The van der Waals surface area contributed by atoms with Crippen molar-refractivity contribution in [1.82, 2.24) is 10.6 Å². The van der Waals surface area contributed by atoms with Gasteiger partial charge in [-0.3, -0.25) is 10.1 Å². The predicted octanol–water partition coefficient (Wildman–Crippen LogP) is 1.97. The molecule has 2 atom stereocenters. The normalized spacial score (nSPS) is 13.2. The first-order chi connectivity index (χ1) is 9.85. The number of halogens is 1. The number of benzene rings is 1. The molecule has 0 aliphatic carbocycles. The summed E-state index contributed by atoms with van der Waals surface area (Å²) in [6, 6.07) is 4.42. The van der Waals surface area contributed by atoms with Gasteiger partial charge in [0.15, 0.2) is 6.10 Å². The lowest BCUT2D eigenvalue weighted by molar-refractivity contribution is -0.126. The van der Waals surface area contributed by atoms with E-state index in [9.17, 15) is 9.59 Å². The average molecular weight is 314 g/mol. The van der Waals surface area contributed by atoms with Crippen LogP contribution in [-0.2, 0) is 4.79 Å². The summed E-state index contributed by atoms with van der Waals surface area (Å²) in [5, 5.41) is 5.00. The Kier molecular flexibility index (Phi) is 6.45. The summed E-state index contributed by atoms with van der Waals surface area (Å²) in [6.45, 7) is 5.56. The Balaban J connectivity index is 2.68. The lowest BCUT2D eigenvalue weighted by atomic mass is 10.1. The molecule has 0 radical (unpaired) electrons. The zero-order chi connectivity index (χ0) is 16.0. The number of hydrogen-bond acceptors (Lipinski definition) is 4. The second-order valence-corrected chi connectivity index (χ2v) is 4.99. The number of ether oxygens (including phenoxy) is 1. The maximum absolute atomic E-state index is 11.8. The largest absolute Gasteiger partial charge is 0.479 e. The SMILES string of the molecule is CCNC(=O)NC(=O)C(C)Oc1ccc([C@H](C)N)cc1Cl. The van der Waals surface area contributed by atoms with Crippen LogP contribution in [0.5, 0.6) is 5.75 Å². The topological polar surface area (TPSA) is 93.5 Å². The molecule has 116 valence electrons. The van der Waals surface area contributed by atoms with Crippen LogP contribution in [0.3, 0.4) is 0 Å². The summed E-state index contributed by atoms with van der Waals surface area (Å²) in [4.78, 5) is 23.0. The Morgan fingerprint density at radius 2 is 2.05 bits per heavy atom. The van der Waals surface area contributed by atoms with Crippen LogP contribution < -0.4 is 21.1 Å². The molecule has 0 aliphatic heterocycles. The first-order valence-electron chi connectivity index (χ1n) is 6.65. The number of nitrogens with two attached hydrogens (primary N) is 1. The van der Waals surface area contributed by atoms with Crippen LogP contribution in [0.15, 0.2) is 18.2 Å². The fourth-order valence-electron chi connectivity index (χ4n) is 1.56. The number of urea groups is 1. The minimum atomic E-state index is -0.855. The van der Waals surface area contributed by atoms with E-state index in [2.05, 4.69) is 10.6 Å². The highest BCUT2D eigenvalue weighted by atomic mass is 35.5. The minimum Gasteiger partial charge on any atom is -0.479 e. The zero-order valence-corrected chi connectivity index (χ0v) is 13.0. The summed E-state index contributed by atoms with van der Waals surface area (Å²) in [7, 11) is 0. The van der Waals surface area contributed by atoms with Crippen molar-refractivity contribution in [1.29, 1.82) is 0 Å². The van der Waals surface area contributed by atoms with Crippen molar-refractivity contribution in [2.24, 2.45) is 5.73 Å². The highest BCUT2D eigenvalue weighted by Gasteiger charge is 2.18. The highest BCUT2D eigenvalue weighted by Crippen LogP contribution is 2.28. The molecule has 1 rings (SSSR count). The van der Waals surface area contributed by atoms with Gasteiger partial charge in [0, 0.05) is 12.6 Å². The first-order valence-corrected chi connectivity index (χ1v) is 7.03. The van der Waals surface area contributed by atoms with Gasteiger partial charge in [0.1, 0.15) is 5.75 Å². The third-order valence-electron chi connectivity index (χ3n) is 2.73. The summed E-state index contributed by atoms with van der Waals surface area (Å²) in [5.41, 5.74) is 6.62. The van der Waals surface area contributed by atoms with Gasteiger partial charge in [-0.15, -0.1) is 0 Å². The molecule has 0 saturated carbocycles. The molecule has 0 spiro atoms. The van der Waals surface area contributed by atoms with Crippen molar-refractivity contribution in [3.05, 3.63) is 28.8 Å². The fraction of sp³-hybridized carbons (Fsp3) is 0.429. The third-order valence-corrected chi connectivity index (χ3v) is 3.02. The summed E-state index contributed by atoms with van der Waals surface area (Å²) in [6.07, 6.45) is -0.855. The van der Waals surface area contributed by atoms with Crippen LogP contribution in [0.25, 0.3) is 0 Å². The van der Waals surface area contributed by atoms with E-state index in [4.69, 9.17) is 22.1 Å². The zero-order valence-electron chi connectivity index (χ0n) is 12.3. The van der Waals surface area contributed by atoms with Crippen LogP contribution in [0.4, 0.5) is 4.79 Å². The molecule has 1 unspecified atom stereocenters. The van der Waals surface area contributed by atoms with Crippen LogP contribution in [0, 0.1) is 0 Å². The van der Waals surface area contributed by atoms with Crippen molar-refractivity contribution in [3.8, 4) is 5.75 Å². The van der Waals surface area contributed by atoms with Gasteiger partial charge in [0.05, 0.1) is 5.02 Å². The van der Waals surface area contributed by atoms with Crippen molar-refractivity contribution < 1.29 is 14.3 Å². The van der Waals surface area contributed by atoms with E-state index in [0.717, 1.165) is 5.56 Å². The molecular weight excluding hydrogens is 294 g/mol. The number of amides is 3. The van der Waals surface area contributed by atoms with E-state index in [1.165, 1.54) is 6.92 Å². The van der Waals surface area contributed by atoms with Gasteiger partial charge in [-0.05, 0) is 38.5 Å². The molecule has 0 heterocycles. The Labute approximate surface area is 129 Å². The van der Waals surface area contributed by atoms with Gasteiger partial charge < -0.3 is 15.8 Å². The van der Waals surface area contributed by atoms with Crippen LogP contribution >= 0.6 is 11.6 Å². The van der Waals surface area contributed by atoms with E-state index >= 15 is 0 Å². The molecule has 4 N–H and O–H groups in total. The fourth-order valence-corrected chi connectivity index (χ4v) is 1.79. The maximum atomic E-state index is 11.8. The van der Waals surface area contributed by atoms with E-state index in [1.807, 2.05) is 6.92 Å². The van der Waals surface area contributed by atoms with Gasteiger partial charge in [0.25, 0.3) is 5.91 Å². The minimum absolute atomic E-state index is 0.144. The predicted molar refractivity (Wildman–Crippen MR) is 81.4 cm³/mol. The van der Waals surface area contributed by atoms with Gasteiger partial charge in [-0.1, -0.05) is 17.7 Å². The quantitative estimate of drug-likeness (QED) is 0.774. The Morgan fingerprint density at radius 1 is 1.38 bits per heavy atom. The van der Waals surface area contributed by atoms with Gasteiger partial charge in [-0.2, -0.15) is 0 Å². The summed E-state index contributed by atoms with van der Waals surface area (Å²) < 4.78 is 5.46. The lowest BCUT2D eigenvalue weighted by Crippen LogP contribution is -2.45. The number of hydrogen-bond donors (Lipinski definition) is 3. The number of imide groups is 1. The number of nitrogens with one attached hydrogen (secondary N) is 2. The van der Waals surface area contributed by atoms with Crippen LogP contribution in [-0.4, -0.2) is 24.6 Å². The maximum Gasteiger partial charge on any atom is 0.321 e. The molecule has 0 aliphatic rings. The summed E-state index contributed by atoms with van der Waals surface area (Å²) >= 11 is 6.09. The van der Waals surface area contributed by atoms with Gasteiger partial charge in [-0.25, -0.2) is 4.79 Å². The monoisotopic (exact) mass is 313 g/mol. The Bertz CT molecular complexity index is 520. The van der Waals surface area contributed by atoms with Crippen molar-refractivity contribution in [2.45, 2.75) is 32.9 Å². The Morgan fingerprint density at radius 3 is 2.57 bits per heavy atom. The molecule has 0 aromatic heterocycles. The van der Waals surface area contributed by atoms with Crippen LogP contribution in [0.2, 0.25) is 5.02 Å². The average Bonchev–Trinajstić information content (AvgIpc) is 2.40. The number of rotatable bonds is 5. The second kappa shape index (κ2) is 7.85. The van der Waals surface area contributed by atoms with Gasteiger partial charge in [0.2, 0.25) is 0 Å². The van der Waals surface area contributed by atoms with Crippen molar-refractivity contribution in [2.75, 3.05) is 6.54 Å². The molecule has 1 aromatic carbocycles. The number of carbonyl (C=O) groups excluding carboxylic acids is 2. The van der Waals surface area contributed by atoms with Gasteiger partial charge >= 0.3 is 6.03 Å². The van der Waals surface area contributed by atoms with Crippen LogP contribution in [0.1, 0.15) is 32.4 Å². The first kappa shape index (κ1) is 17.3. The van der Waals surface area contributed by atoms with E-state index in [1.54, 1.807) is 25.1 Å². The van der Waals surface area contributed by atoms with E-state index in [0.29, 0.717) is 17.3 Å². The highest BCUT2D eigenvalue weighted by molar-refractivity contribution is 6.32. The van der Waals surface area contributed by atoms with Crippen molar-refractivity contribution >= 4 is 23.5 Å². The molecule has 3 amide bonds. The molecule has 0 bridgehead atoms. The standard InChI is InChI=1S/C14H20ClN3O3/c1-4-17-14(20)18-13(19)9(3)21-12-6-5-10(8(2)16)7-11(12)15/h5-9H,4,16H2,1-3H3,(H2,17,18,19,20)/t8-,9?/m0/s1. The molecule has 6 nitrogen and oxygen atoms in total. The summed E-state index contributed by atoms with van der Waals surface area (Å²) in [5.74, 6) is -0.187. The number of carbonyl (C=O) groups is 2. The van der Waals surface area contributed by atoms with E-state index in [-0.39, 0.29) is 6.04 Å². The molecule has 21 heavy (non-hydrogen) atoms. The smallest absolute Gasteiger partial charge is 0.321 e. The lowest BCUT2D eigenvalue weighted by Gasteiger charge is -2.16. The molecule has 7 heteroatoms. The molecular formula is C14H20ClN3O3. The molecule has 0 fully saturated rings. The Hall–Kier alpha value is -1.79. The van der Waals surface area contributed by atoms with Crippen molar-refractivity contribution in [3.63, 3.8) is 0 Å². The third kappa shape index (κ3) is 5.24. The van der Waals surface area contributed by atoms with E-state index < -0.39 is 18.0 Å². The second-order valence-electron chi connectivity index (χ2n) is 4.59. The molecule has 0 saturated heterocycles. The molecule has 1 aromatic rings.